The molecule has 0 spiro atoms. The number of aromatic carboxylic acids is 1. The molecule has 0 radical (unpaired) electrons. The maximum Gasteiger partial charge on any atom is 0.335 e. The molecule has 19 heavy (non-hydrogen) atoms. The molecule has 0 heterocycles. The van der Waals surface area contributed by atoms with Gasteiger partial charge < -0.3 is 20.5 Å². The van der Waals surface area contributed by atoms with E-state index in [1.807, 2.05) is 0 Å². The molecule has 0 aliphatic heterocycles. The van der Waals surface area contributed by atoms with E-state index in [1.54, 1.807) is 0 Å². The van der Waals surface area contributed by atoms with Crippen molar-refractivity contribution in [3.63, 3.8) is 0 Å². The van der Waals surface area contributed by atoms with Gasteiger partial charge in [-0.15, -0.1) is 0 Å². The quantitative estimate of drug-likeness (QED) is 0.724. The molecule has 0 unspecified atom stereocenters. The van der Waals surface area contributed by atoms with Crippen molar-refractivity contribution >= 4 is 39.6 Å². The van der Waals surface area contributed by atoms with Crippen LogP contribution < -0.4 is 10.6 Å². The summed E-state index contributed by atoms with van der Waals surface area (Å²) in [5, 5.41) is 13.5. The number of anilines is 1. The number of rotatable bonds is 4. The van der Waals surface area contributed by atoms with E-state index in [9.17, 15) is 14.4 Å². The Labute approximate surface area is 117 Å². The lowest BCUT2D eigenvalue weighted by Crippen LogP contribution is -2.33. The Morgan fingerprint density at radius 2 is 2.00 bits per heavy atom. The largest absolute Gasteiger partial charge is 0.478 e. The highest BCUT2D eigenvalue weighted by molar-refractivity contribution is 9.10. The minimum Gasteiger partial charge on any atom is -0.478 e. The van der Waals surface area contributed by atoms with E-state index in [4.69, 9.17) is 5.11 Å². The van der Waals surface area contributed by atoms with Crippen LogP contribution in [0, 0.1) is 0 Å². The molecule has 2 amide bonds. The maximum absolute atomic E-state index is 11.4. The van der Waals surface area contributed by atoms with Gasteiger partial charge in [-0.25, -0.2) is 9.59 Å². The SMILES string of the molecule is COC(=O)CNC(=O)Nc1cc(Br)cc(C(=O)O)c1. The first-order valence-corrected chi connectivity index (χ1v) is 5.87. The lowest BCUT2D eigenvalue weighted by molar-refractivity contribution is -0.139. The van der Waals surface area contributed by atoms with E-state index in [1.165, 1.54) is 25.3 Å². The van der Waals surface area contributed by atoms with E-state index in [0.29, 0.717) is 4.47 Å². The summed E-state index contributed by atoms with van der Waals surface area (Å²) >= 11 is 3.14. The molecule has 7 nitrogen and oxygen atoms in total. The molecule has 0 aliphatic rings. The first-order chi connectivity index (χ1) is 8.92. The zero-order valence-corrected chi connectivity index (χ0v) is 11.5. The fourth-order valence-corrected chi connectivity index (χ4v) is 1.68. The third-order valence-corrected chi connectivity index (χ3v) is 2.48. The number of carboxylic acid groups (broad SMARTS) is 1. The predicted molar refractivity (Wildman–Crippen MR) is 70.1 cm³/mol. The lowest BCUT2D eigenvalue weighted by atomic mass is 10.2. The van der Waals surface area contributed by atoms with Gasteiger partial charge in [0.1, 0.15) is 6.54 Å². The van der Waals surface area contributed by atoms with Crippen LogP contribution >= 0.6 is 15.9 Å². The molecular formula is C11H11BrN2O5. The molecular weight excluding hydrogens is 320 g/mol. The second-order valence-electron chi connectivity index (χ2n) is 3.42. The highest BCUT2D eigenvalue weighted by Crippen LogP contribution is 2.19. The van der Waals surface area contributed by atoms with Crippen molar-refractivity contribution in [3.8, 4) is 0 Å². The highest BCUT2D eigenvalue weighted by atomic mass is 79.9. The van der Waals surface area contributed by atoms with Crippen LogP contribution in [0.15, 0.2) is 22.7 Å². The van der Waals surface area contributed by atoms with Crippen LogP contribution in [0.1, 0.15) is 10.4 Å². The van der Waals surface area contributed by atoms with Crippen molar-refractivity contribution in [1.82, 2.24) is 5.32 Å². The lowest BCUT2D eigenvalue weighted by Gasteiger charge is -2.08. The Kier molecular flexibility index (Phi) is 5.31. The monoisotopic (exact) mass is 330 g/mol. The summed E-state index contributed by atoms with van der Waals surface area (Å²) in [5.74, 6) is -1.70. The van der Waals surface area contributed by atoms with E-state index in [2.05, 4.69) is 31.3 Å². The molecule has 0 atom stereocenters. The molecule has 3 N–H and O–H groups in total. The van der Waals surface area contributed by atoms with Gasteiger partial charge in [-0.05, 0) is 18.2 Å². The van der Waals surface area contributed by atoms with Crippen molar-refractivity contribution in [3.05, 3.63) is 28.2 Å². The molecule has 1 rings (SSSR count). The normalized spacial score (nSPS) is 9.58. The van der Waals surface area contributed by atoms with Crippen molar-refractivity contribution in [2.24, 2.45) is 0 Å². The highest BCUT2D eigenvalue weighted by Gasteiger charge is 2.09. The Morgan fingerprint density at radius 3 is 2.58 bits per heavy atom. The average Bonchev–Trinajstić information content (AvgIpc) is 2.35. The van der Waals surface area contributed by atoms with Gasteiger partial charge in [-0.2, -0.15) is 0 Å². The van der Waals surface area contributed by atoms with Gasteiger partial charge in [0, 0.05) is 10.2 Å². The van der Waals surface area contributed by atoms with Gasteiger partial charge in [0.2, 0.25) is 0 Å². The third kappa shape index (κ3) is 4.96. The van der Waals surface area contributed by atoms with E-state index >= 15 is 0 Å². The van der Waals surface area contributed by atoms with E-state index in [-0.39, 0.29) is 17.8 Å². The summed E-state index contributed by atoms with van der Waals surface area (Å²) < 4.78 is 4.86. The van der Waals surface area contributed by atoms with E-state index in [0.717, 1.165) is 0 Å². The number of esters is 1. The summed E-state index contributed by atoms with van der Waals surface area (Å²) in [6.45, 7) is -0.276. The van der Waals surface area contributed by atoms with Gasteiger partial charge >= 0.3 is 18.0 Å². The standard InChI is InChI=1S/C11H11BrN2O5/c1-19-9(15)5-13-11(18)14-8-3-6(10(16)17)2-7(12)4-8/h2-4H,5H2,1H3,(H,16,17)(H2,13,14,18). The Hall–Kier alpha value is -2.09. The van der Waals surface area contributed by atoms with Crippen LogP contribution in [-0.2, 0) is 9.53 Å². The van der Waals surface area contributed by atoms with Crippen LogP contribution in [0.3, 0.4) is 0 Å². The second kappa shape index (κ2) is 6.74. The number of amides is 2. The van der Waals surface area contributed by atoms with Gasteiger partial charge in [0.15, 0.2) is 0 Å². The Bertz CT molecular complexity index is 518. The van der Waals surface area contributed by atoms with Crippen LogP contribution in [0.4, 0.5) is 10.5 Å². The minimum absolute atomic E-state index is 0.0256. The summed E-state index contributed by atoms with van der Waals surface area (Å²) in [6.07, 6.45) is 0. The third-order valence-electron chi connectivity index (χ3n) is 2.02. The zero-order chi connectivity index (χ0) is 14.4. The van der Waals surface area contributed by atoms with Crippen LogP contribution in [0.5, 0.6) is 0 Å². The van der Waals surface area contributed by atoms with Crippen LogP contribution in [0.2, 0.25) is 0 Å². The van der Waals surface area contributed by atoms with Gasteiger partial charge in [0.05, 0.1) is 12.7 Å². The summed E-state index contributed by atoms with van der Waals surface area (Å²) in [4.78, 5) is 33.1. The first-order valence-electron chi connectivity index (χ1n) is 5.08. The summed E-state index contributed by atoms with van der Waals surface area (Å²) in [5.41, 5.74) is 0.312. The van der Waals surface area contributed by atoms with Crippen molar-refractivity contribution in [1.29, 1.82) is 0 Å². The fourth-order valence-electron chi connectivity index (χ4n) is 1.19. The number of ether oxygens (including phenoxy) is 1. The number of carboxylic acids is 1. The number of halogens is 1. The number of carbonyl (C=O) groups is 3. The number of benzene rings is 1. The number of nitrogens with one attached hydrogen (secondary N) is 2. The van der Waals surface area contributed by atoms with Crippen LogP contribution in [0.25, 0.3) is 0 Å². The van der Waals surface area contributed by atoms with Gasteiger partial charge in [-0.1, -0.05) is 15.9 Å². The Morgan fingerprint density at radius 1 is 1.32 bits per heavy atom. The predicted octanol–water partition coefficient (Wildman–Crippen LogP) is 1.44. The van der Waals surface area contributed by atoms with Crippen molar-refractivity contribution < 1.29 is 24.2 Å². The number of urea groups is 1. The minimum atomic E-state index is -1.11. The molecule has 1 aromatic rings. The Balaban J connectivity index is 2.69. The zero-order valence-electron chi connectivity index (χ0n) is 9.90. The second-order valence-corrected chi connectivity index (χ2v) is 4.33. The summed E-state index contributed by atoms with van der Waals surface area (Å²) in [6, 6.07) is 3.59. The first kappa shape index (κ1) is 15.0. The van der Waals surface area contributed by atoms with E-state index < -0.39 is 18.0 Å². The maximum atomic E-state index is 11.4. The molecule has 1 aromatic carbocycles. The molecule has 0 saturated carbocycles. The topological polar surface area (TPSA) is 105 Å². The van der Waals surface area contributed by atoms with Crippen molar-refractivity contribution in [2.75, 3.05) is 19.0 Å². The summed E-state index contributed by atoms with van der Waals surface area (Å²) in [7, 11) is 1.20. The number of carbonyl (C=O) groups excluding carboxylic acids is 2. The van der Waals surface area contributed by atoms with Gasteiger partial charge in [0.25, 0.3) is 0 Å². The number of hydrogen-bond acceptors (Lipinski definition) is 4. The van der Waals surface area contributed by atoms with Gasteiger partial charge in [-0.3, -0.25) is 4.79 Å². The van der Waals surface area contributed by atoms with Crippen LogP contribution in [-0.4, -0.2) is 36.7 Å². The fraction of sp³-hybridized carbons (Fsp3) is 0.182. The molecule has 0 aliphatic carbocycles. The molecule has 0 aromatic heterocycles. The number of hydrogen-bond donors (Lipinski definition) is 3. The van der Waals surface area contributed by atoms with Crippen molar-refractivity contribution in [2.45, 2.75) is 0 Å². The number of methoxy groups -OCH3 is 1. The molecule has 8 heteroatoms. The molecule has 102 valence electrons. The average molecular weight is 331 g/mol. The molecule has 0 bridgehead atoms. The smallest absolute Gasteiger partial charge is 0.335 e. The molecule has 0 fully saturated rings. The molecule has 0 saturated heterocycles.